The van der Waals surface area contributed by atoms with E-state index in [2.05, 4.69) is 5.32 Å². The van der Waals surface area contributed by atoms with Crippen LogP contribution in [0.3, 0.4) is 0 Å². The number of benzene rings is 2. The molecule has 0 spiro atoms. The standard InChI is InChI=1S/C20H21NO7/c1-3-8-25-15-6-4-13(9-17(15)24-2)20(23)26-11-19(22)21-14-5-7-16-18(10-14)28-12-27-16/h4-7,9-10H,3,8,11-12H2,1-2H3,(H,21,22). The Labute approximate surface area is 162 Å². The van der Waals surface area contributed by atoms with Crippen molar-refractivity contribution in [1.82, 2.24) is 0 Å². The summed E-state index contributed by atoms with van der Waals surface area (Å²) in [6.07, 6.45) is 0.853. The first kappa shape index (κ1) is 19.3. The minimum Gasteiger partial charge on any atom is -0.493 e. The van der Waals surface area contributed by atoms with E-state index in [0.717, 1.165) is 6.42 Å². The molecule has 0 aromatic heterocycles. The van der Waals surface area contributed by atoms with Crippen molar-refractivity contribution in [1.29, 1.82) is 0 Å². The number of nitrogens with one attached hydrogen (secondary N) is 1. The summed E-state index contributed by atoms with van der Waals surface area (Å²) in [6, 6.07) is 9.72. The zero-order valence-corrected chi connectivity index (χ0v) is 15.7. The Balaban J connectivity index is 1.55. The third-order valence-electron chi connectivity index (χ3n) is 3.85. The number of hydrogen-bond donors (Lipinski definition) is 1. The van der Waals surface area contributed by atoms with Gasteiger partial charge in [0.2, 0.25) is 6.79 Å². The molecule has 1 aliphatic rings. The fraction of sp³-hybridized carbons (Fsp3) is 0.300. The lowest BCUT2D eigenvalue weighted by Gasteiger charge is -2.11. The normalized spacial score (nSPS) is 11.6. The highest BCUT2D eigenvalue weighted by Crippen LogP contribution is 2.34. The number of esters is 1. The van der Waals surface area contributed by atoms with E-state index in [1.165, 1.54) is 13.2 Å². The number of rotatable bonds is 8. The van der Waals surface area contributed by atoms with Crippen LogP contribution in [0.2, 0.25) is 0 Å². The molecule has 0 atom stereocenters. The second-order valence-electron chi connectivity index (χ2n) is 5.91. The van der Waals surface area contributed by atoms with Gasteiger partial charge in [-0.1, -0.05) is 6.92 Å². The Morgan fingerprint density at radius 1 is 1.07 bits per heavy atom. The van der Waals surface area contributed by atoms with E-state index in [-0.39, 0.29) is 12.4 Å². The first-order valence-electron chi connectivity index (χ1n) is 8.78. The van der Waals surface area contributed by atoms with Crippen LogP contribution in [-0.4, -0.2) is 39.0 Å². The molecule has 28 heavy (non-hydrogen) atoms. The van der Waals surface area contributed by atoms with E-state index in [9.17, 15) is 9.59 Å². The minimum atomic E-state index is -0.638. The van der Waals surface area contributed by atoms with Gasteiger partial charge < -0.3 is 29.0 Å². The molecule has 0 fully saturated rings. The van der Waals surface area contributed by atoms with Gasteiger partial charge in [0.1, 0.15) is 0 Å². The Morgan fingerprint density at radius 2 is 1.89 bits per heavy atom. The van der Waals surface area contributed by atoms with Crippen LogP contribution in [-0.2, 0) is 9.53 Å². The molecule has 1 heterocycles. The Morgan fingerprint density at radius 3 is 2.68 bits per heavy atom. The first-order valence-corrected chi connectivity index (χ1v) is 8.78. The Hall–Kier alpha value is -3.42. The minimum absolute atomic E-state index is 0.149. The maximum absolute atomic E-state index is 12.2. The maximum atomic E-state index is 12.2. The van der Waals surface area contributed by atoms with Crippen molar-refractivity contribution in [3.05, 3.63) is 42.0 Å². The molecule has 1 N–H and O–H groups in total. The highest BCUT2D eigenvalue weighted by molar-refractivity contribution is 5.96. The number of amides is 1. The zero-order valence-electron chi connectivity index (χ0n) is 15.7. The van der Waals surface area contributed by atoms with Gasteiger partial charge in [-0.2, -0.15) is 0 Å². The van der Waals surface area contributed by atoms with Gasteiger partial charge in [0.15, 0.2) is 29.6 Å². The SMILES string of the molecule is CCCOc1ccc(C(=O)OCC(=O)Nc2ccc3c(c2)OCO3)cc1OC. The van der Waals surface area contributed by atoms with E-state index in [1.54, 1.807) is 30.3 Å². The monoisotopic (exact) mass is 387 g/mol. The van der Waals surface area contributed by atoms with Crippen LogP contribution in [0.15, 0.2) is 36.4 Å². The number of carbonyl (C=O) groups is 2. The number of fused-ring (bicyclic) bond motifs is 1. The van der Waals surface area contributed by atoms with Gasteiger partial charge in [-0.3, -0.25) is 4.79 Å². The molecular weight excluding hydrogens is 366 g/mol. The van der Waals surface area contributed by atoms with Gasteiger partial charge in [0, 0.05) is 11.8 Å². The lowest BCUT2D eigenvalue weighted by atomic mass is 10.2. The third-order valence-corrected chi connectivity index (χ3v) is 3.85. The summed E-state index contributed by atoms with van der Waals surface area (Å²) in [5, 5.41) is 2.64. The fourth-order valence-electron chi connectivity index (χ4n) is 2.51. The molecule has 8 heteroatoms. The molecule has 148 valence electrons. The van der Waals surface area contributed by atoms with Gasteiger partial charge >= 0.3 is 5.97 Å². The molecule has 0 saturated carbocycles. The predicted octanol–water partition coefficient (Wildman–Crippen LogP) is 3.01. The largest absolute Gasteiger partial charge is 0.493 e. The maximum Gasteiger partial charge on any atom is 0.338 e. The van der Waals surface area contributed by atoms with Gasteiger partial charge in [0.25, 0.3) is 5.91 Å². The summed E-state index contributed by atoms with van der Waals surface area (Å²) in [6.45, 7) is 2.26. The number of hydrogen-bond acceptors (Lipinski definition) is 7. The van der Waals surface area contributed by atoms with Crippen LogP contribution >= 0.6 is 0 Å². The predicted molar refractivity (Wildman–Crippen MR) is 100 cm³/mol. The molecule has 1 aliphatic heterocycles. The van der Waals surface area contributed by atoms with E-state index >= 15 is 0 Å². The van der Waals surface area contributed by atoms with Gasteiger partial charge in [-0.25, -0.2) is 4.79 Å². The molecule has 0 saturated heterocycles. The smallest absolute Gasteiger partial charge is 0.338 e. The molecule has 2 aromatic rings. The summed E-state index contributed by atoms with van der Waals surface area (Å²) >= 11 is 0. The zero-order chi connectivity index (χ0) is 19.9. The van der Waals surface area contributed by atoms with Crippen LogP contribution in [0.25, 0.3) is 0 Å². The third kappa shape index (κ3) is 4.64. The molecule has 0 bridgehead atoms. The van der Waals surface area contributed by atoms with Crippen molar-refractivity contribution in [2.75, 3.05) is 32.4 Å². The van der Waals surface area contributed by atoms with E-state index in [0.29, 0.717) is 35.3 Å². The second kappa shape index (κ2) is 8.98. The van der Waals surface area contributed by atoms with Crippen LogP contribution in [0, 0.1) is 0 Å². The molecule has 0 radical (unpaired) electrons. The highest BCUT2D eigenvalue weighted by Gasteiger charge is 2.16. The van der Waals surface area contributed by atoms with Gasteiger partial charge in [-0.15, -0.1) is 0 Å². The summed E-state index contributed by atoms with van der Waals surface area (Å²) in [7, 11) is 1.49. The van der Waals surface area contributed by atoms with Crippen LogP contribution in [0.4, 0.5) is 5.69 Å². The first-order chi connectivity index (χ1) is 13.6. The van der Waals surface area contributed by atoms with Crippen molar-refractivity contribution in [3.8, 4) is 23.0 Å². The van der Waals surface area contributed by atoms with Crippen LogP contribution in [0.5, 0.6) is 23.0 Å². The highest BCUT2D eigenvalue weighted by atomic mass is 16.7. The Kier molecular flexibility index (Phi) is 6.21. The fourth-order valence-corrected chi connectivity index (χ4v) is 2.51. The van der Waals surface area contributed by atoms with Crippen LogP contribution in [0.1, 0.15) is 23.7 Å². The summed E-state index contributed by atoms with van der Waals surface area (Å²) in [5.74, 6) is 1.02. The van der Waals surface area contributed by atoms with E-state index in [4.69, 9.17) is 23.7 Å². The van der Waals surface area contributed by atoms with Crippen molar-refractivity contribution >= 4 is 17.6 Å². The summed E-state index contributed by atoms with van der Waals surface area (Å²) < 4.78 is 26.3. The van der Waals surface area contributed by atoms with Crippen molar-refractivity contribution in [2.45, 2.75) is 13.3 Å². The van der Waals surface area contributed by atoms with Crippen molar-refractivity contribution in [3.63, 3.8) is 0 Å². The lowest BCUT2D eigenvalue weighted by Crippen LogP contribution is -2.21. The summed E-state index contributed by atoms with van der Waals surface area (Å²) in [4.78, 5) is 24.3. The average Bonchev–Trinajstić information content (AvgIpc) is 3.18. The Bertz CT molecular complexity index is 866. The van der Waals surface area contributed by atoms with Crippen molar-refractivity contribution < 1.29 is 33.3 Å². The molecule has 0 aliphatic carbocycles. The molecule has 8 nitrogen and oxygen atoms in total. The van der Waals surface area contributed by atoms with Crippen LogP contribution < -0.4 is 24.3 Å². The van der Waals surface area contributed by atoms with Gasteiger partial charge in [0.05, 0.1) is 19.3 Å². The summed E-state index contributed by atoms with van der Waals surface area (Å²) in [5.41, 5.74) is 0.779. The molecular formula is C20H21NO7. The lowest BCUT2D eigenvalue weighted by molar-refractivity contribution is -0.119. The number of ether oxygens (including phenoxy) is 5. The quantitative estimate of drug-likeness (QED) is 0.696. The van der Waals surface area contributed by atoms with E-state index in [1.807, 2.05) is 6.92 Å². The number of anilines is 1. The number of methoxy groups -OCH3 is 1. The van der Waals surface area contributed by atoms with E-state index < -0.39 is 18.5 Å². The topological polar surface area (TPSA) is 92.3 Å². The molecule has 2 aromatic carbocycles. The molecule has 1 amide bonds. The molecule has 3 rings (SSSR count). The number of carbonyl (C=O) groups excluding carboxylic acids is 2. The van der Waals surface area contributed by atoms with Gasteiger partial charge in [-0.05, 0) is 36.8 Å². The molecule has 0 unspecified atom stereocenters. The average molecular weight is 387 g/mol. The second-order valence-corrected chi connectivity index (χ2v) is 5.91. The van der Waals surface area contributed by atoms with Crippen molar-refractivity contribution in [2.24, 2.45) is 0 Å².